The summed E-state index contributed by atoms with van der Waals surface area (Å²) in [4.78, 5) is 22.6. The third-order valence-corrected chi connectivity index (χ3v) is 5.48. The van der Waals surface area contributed by atoms with Crippen molar-refractivity contribution in [3.05, 3.63) is 81.6 Å². The average molecular weight is 428 g/mol. The number of hydrogen-bond donors (Lipinski definition) is 1. The lowest BCUT2D eigenvalue weighted by atomic mass is 9.64. The number of aliphatic carboxylic acids is 1. The number of nitro groups is 1. The molecule has 2 unspecified atom stereocenters. The second kappa shape index (κ2) is 9.18. The van der Waals surface area contributed by atoms with Gasteiger partial charge in [0.05, 0.1) is 18.0 Å². The molecule has 0 aliphatic heterocycles. The molecule has 0 saturated carbocycles. The van der Waals surface area contributed by atoms with Crippen LogP contribution in [0.5, 0.6) is 0 Å². The van der Waals surface area contributed by atoms with Crippen LogP contribution < -0.4 is 0 Å². The molecule has 0 saturated heterocycles. The molecule has 0 fully saturated rings. The summed E-state index contributed by atoms with van der Waals surface area (Å²) in [6.45, 7) is 12.5. The SMILES string of the molecule is CC(C)(C)C1=CC(CC(=O)O)(OCc2ccccc2)C(C=C[N+](=O)[O-])C(C(C)(C)C)=C1. The van der Waals surface area contributed by atoms with Gasteiger partial charge < -0.3 is 9.84 Å². The van der Waals surface area contributed by atoms with Gasteiger partial charge >= 0.3 is 5.97 Å². The molecule has 0 spiro atoms. The van der Waals surface area contributed by atoms with Gasteiger partial charge in [-0.15, -0.1) is 0 Å². The van der Waals surface area contributed by atoms with Crippen molar-refractivity contribution in [3.63, 3.8) is 0 Å². The van der Waals surface area contributed by atoms with Gasteiger partial charge in [0.1, 0.15) is 5.60 Å². The normalized spacial score (nSPS) is 22.2. The van der Waals surface area contributed by atoms with E-state index in [0.717, 1.165) is 22.9 Å². The highest BCUT2D eigenvalue weighted by atomic mass is 16.6. The number of carboxylic acids is 1. The Morgan fingerprint density at radius 3 is 2.26 bits per heavy atom. The van der Waals surface area contributed by atoms with Crippen LogP contribution in [0.3, 0.4) is 0 Å². The number of carbonyl (C=O) groups is 1. The minimum atomic E-state index is -1.26. The van der Waals surface area contributed by atoms with Crippen molar-refractivity contribution in [2.45, 2.75) is 60.2 Å². The molecule has 6 nitrogen and oxygen atoms in total. The smallest absolute Gasteiger partial charge is 0.306 e. The van der Waals surface area contributed by atoms with E-state index in [1.807, 2.05) is 57.2 Å². The lowest BCUT2D eigenvalue weighted by Crippen LogP contribution is -2.46. The zero-order chi connectivity index (χ0) is 23.4. The summed E-state index contributed by atoms with van der Waals surface area (Å²) in [5.41, 5.74) is 0.907. The molecule has 6 heteroatoms. The highest BCUT2D eigenvalue weighted by Crippen LogP contribution is 2.49. The van der Waals surface area contributed by atoms with Crippen LogP contribution in [-0.2, 0) is 16.1 Å². The number of benzene rings is 1. The van der Waals surface area contributed by atoms with E-state index in [-0.39, 0.29) is 23.9 Å². The van der Waals surface area contributed by atoms with E-state index in [9.17, 15) is 20.0 Å². The van der Waals surface area contributed by atoms with E-state index in [1.165, 1.54) is 6.08 Å². The molecule has 0 radical (unpaired) electrons. The van der Waals surface area contributed by atoms with Crippen molar-refractivity contribution in [1.82, 2.24) is 0 Å². The molecule has 2 atom stereocenters. The van der Waals surface area contributed by atoms with Crippen LogP contribution in [0.1, 0.15) is 53.5 Å². The molecule has 1 aromatic carbocycles. The summed E-state index contributed by atoms with van der Waals surface area (Å²) in [5, 5.41) is 21.0. The van der Waals surface area contributed by atoms with Crippen LogP contribution >= 0.6 is 0 Å². The van der Waals surface area contributed by atoms with Crippen molar-refractivity contribution >= 4 is 5.97 Å². The van der Waals surface area contributed by atoms with Crippen LogP contribution in [0, 0.1) is 26.9 Å². The van der Waals surface area contributed by atoms with Gasteiger partial charge in [-0.25, -0.2) is 0 Å². The third kappa shape index (κ3) is 6.37. The van der Waals surface area contributed by atoms with Crippen LogP contribution in [-0.4, -0.2) is 21.6 Å². The Hall–Kier alpha value is -2.73. The number of rotatable bonds is 7. The van der Waals surface area contributed by atoms with Gasteiger partial charge in [0.25, 0.3) is 0 Å². The summed E-state index contributed by atoms with van der Waals surface area (Å²) >= 11 is 0. The monoisotopic (exact) mass is 427 g/mol. The Labute approximate surface area is 184 Å². The van der Waals surface area contributed by atoms with Crippen LogP contribution in [0.15, 0.2) is 65.9 Å². The zero-order valence-corrected chi connectivity index (χ0v) is 19.2. The lowest BCUT2D eigenvalue weighted by molar-refractivity contribution is -0.403. The highest BCUT2D eigenvalue weighted by molar-refractivity contribution is 5.70. The summed E-state index contributed by atoms with van der Waals surface area (Å²) < 4.78 is 6.39. The Balaban J connectivity index is 2.70. The van der Waals surface area contributed by atoms with Crippen molar-refractivity contribution in [3.8, 4) is 0 Å². The number of hydrogen-bond acceptors (Lipinski definition) is 4. The van der Waals surface area contributed by atoms with E-state index in [0.29, 0.717) is 0 Å². The van der Waals surface area contributed by atoms with Gasteiger partial charge in [-0.05, 0) is 34.1 Å². The topological polar surface area (TPSA) is 89.7 Å². The van der Waals surface area contributed by atoms with Crippen molar-refractivity contribution in [2.75, 3.05) is 0 Å². The number of carboxylic acid groups (broad SMARTS) is 1. The van der Waals surface area contributed by atoms with Crippen molar-refractivity contribution in [1.29, 1.82) is 0 Å². The molecule has 1 aliphatic carbocycles. The molecular weight excluding hydrogens is 394 g/mol. The summed E-state index contributed by atoms with van der Waals surface area (Å²) in [6.07, 6.45) is 5.98. The van der Waals surface area contributed by atoms with Crippen LogP contribution in [0.25, 0.3) is 0 Å². The molecular formula is C25H33NO5. The predicted molar refractivity (Wildman–Crippen MR) is 121 cm³/mol. The molecule has 0 aromatic heterocycles. The second-order valence-corrected chi connectivity index (χ2v) is 10.1. The van der Waals surface area contributed by atoms with E-state index in [4.69, 9.17) is 4.74 Å². The molecule has 0 bridgehead atoms. The first kappa shape index (κ1) is 24.5. The van der Waals surface area contributed by atoms with Crippen molar-refractivity contribution in [2.24, 2.45) is 16.7 Å². The first-order valence-corrected chi connectivity index (χ1v) is 10.4. The molecule has 1 aromatic rings. The van der Waals surface area contributed by atoms with Crippen molar-refractivity contribution < 1.29 is 19.6 Å². The van der Waals surface area contributed by atoms with E-state index in [2.05, 4.69) is 26.8 Å². The van der Waals surface area contributed by atoms with Crippen LogP contribution in [0.2, 0.25) is 0 Å². The Morgan fingerprint density at radius 2 is 1.77 bits per heavy atom. The molecule has 0 amide bonds. The molecule has 2 rings (SSSR count). The quantitative estimate of drug-likeness (QED) is 0.440. The summed E-state index contributed by atoms with van der Waals surface area (Å²) in [7, 11) is 0. The fraction of sp³-hybridized carbons (Fsp3) is 0.480. The maximum absolute atomic E-state index is 12.0. The average Bonchev–Trinajstić information content (AvgIpc) is 2.63. The Bertz CT molecular complexity index is 900. The molecule has 31 heavy (non-hydrogen) atoms. The second-order valence-electron chi connectivity index (χ2n) is 10.1. The van der Waals surface area contributed by atoms with Crippen LogP contribution in [0.4, 0.5) is 0 Å². The molecule has 1 aliphatic rings. The fourth-order valence-electron chi connectivity index (χ4n) is 3.83. The number of nitrogens with zero attached hydrogens (tertiary/aromatic N) is 1. The summed E-state index contributed by atoms with van der Waals surface area (Å²) in [6, 6.07) is 9.51. The minimum absolute atomic E-state index is 0.197. The molecule has 1 N–H and O–H groups in total. The fourth-order valence-corrected chi connectivity index (χ4v) is 3.83. The largest absolute Gasteiger partial charge is 0.481 e. The minimum Gasteiger partial charge on any atom is -0.481 e. The maximum atomic E-state index is 12.0. The van der Waals surface area contributed by atoms with E-state index in [1.54, 1.807) is 0 Å². The predicted octanol–water partition coefficient (Wildman–Crippen LogP) is 5.78. The molecule has 168 valence electrons. The maximum Gasteiger partial charge on any atom is 0.306 e. The van der Waals surface area contributed by atoms with Gasteiger partial charge in [-0.2, -0.15) is 0 Å². The van der Waals surface area contributed by atoms with Gasteiger partial charge in [0.2, 0.25) is 6.20 Å². The Morgan fingerprint density at radius 1 is 1.16 bits per heavy atom. The third-order valence-electron chi connectivity index (χ3n) is 5.48. The zero-order valence-electron chi connectivity index (χ0n) is 19.2. The standard InChI is InChI=1S/C25H33NO5/c1-23(2,3)19-14-21(24(4,5)6)20(12-13-26(29)30)25(15-19,16-22(27)28)31-17-18-10-8-7-9-11-18/h7-15,20H,16-17H2,1-6H3,(H,27,28). The van der Waals surface area contributed by atoms with Gasteiger partial charge in [0, 0.05) is 5.92 Å². The van der Waals surface area contributed by atoms with Gasteiger partial charge in [-0.3, -0.25) is 14.9 Å². The Kier molecular flexibility index (Phi) is 7.27. The first-order chi connectivity index (χ1) is 14.2. The van der Waals surface area contributed by atoms with Gasteiger partial charge in [-0.1, -0.05) is 83.5 Å². The summed E-state index contributed by atoms with van der Waals surface area (Å²) in [5.74, 6) is -1.61. The first-order valence-electron chi connectivity index (χ1n) is 10.4. The van der Waals surface area contributed by atoms with E-state index >= 15 is 0 Å². The highest BCUT2D eigenvalue weighted by Gasteiger charge is 2.47. The number of ether oxygens (including phenoxy) is 1. The van der Waals surface area contributed by atoms with Gasteiger partial charge in [0.15, 0.2) is 0 Å². The lowest BCUT2D eigenvalue weighted by Gasteiger charge is -2.45. The number of allylic oxidation sites excluding steroid dienone is 2. The van der Waals surface area contributed by atoms with E-state index < -0.39 is 22.4 Å². The molecule has 0 heterocycles.